The first kappa shape index (κ1) is 15.8. The Morgan fingerprint density at radius 3 is 2.50 bits per heavy atom. The summed E-state index contributed by atoms with van der Waals surface area (Å²) in [6, 6.07) is 5.04. The second-order valence-corrected chi connectivity index (χ2v) is 8.50. The summed E-state index contributed by atoms with van der Waals surface area (Å²) < 4.78 is 23.6. The van der Waals surface area contributed by atoms with Gasteiger partial charge in [-0.15, -0.1) is 0 Å². The van der Waals surface area contributed by atoms with Crippen LogP contribution in [0.1, 0.15) is 32.3 Å². The Morgan fingerprint density at radius 2 is 2.00 bits per heavy atom. The zero-order valence-electron chi connectivity index (χ0n) is 12.2. The van der Waals surface area contributed by atoms with E-state index in [4.69, 9.17) is 11.6 Å². The molecule has 3 nitrogen and oxygen atoms in total. The van der Waals surface area contributed by atoms with Crippen molar-refractivity contribution >= 4 is 21.4 Å². The van der Waals surface area contributed by atoms with E-state index >= 15 is 0 Å². The molecule has 1 saturated carbocycles. The Kier molecular flexibility index (Phi) is 4.47. The number of halogens is 1. The summed E-state index contributed by atoms with van der Waals surface area (Å²) in [5, 5.41) is 3.90. The molecule has 1 aromatic carbocycles. The first-order valence-corrected chi connectivity index (χ1v) is 9.21. The fraction of sp³-hybridized carbons (Fsp3) is 0.600. The highest BCUT2D eigenvalue weighted by Gasteiger charge is 2.44. The van der Waals surface area contributed by atoms with Gasteiger partial charge in [-0.3, -0.25) is 0 Å². The molecule has 0 aliphatic heterocycles. The van der Waals surface area contributed by atoms with E-state index in [-0.39, 0.29) is 0 Å². The highest BCUT2D eigenvalue weighted by molar-refractivity contribution is 7.90. The van der Waals surface area contributed by atoms with Crippen molar-refractivity contribution in [1.82, 2.24) is 5.32 Å². The molecule has 0 unspecified atom stereocenters. The van der Waals surface area contributed by atoms with Gasteiger partial charge < -0.3 is 5.32 Å². The maximum atomic E-state index is 11.8. The molecule has 0 heterocycles. The highest BCUT2D eigenvalue weighted by Crippen LogP contribution is 2.51. The lowest BCUT2D eigenvalue weighted by Crippen LogP contribution is -2.27. The van der Waals surface area contributed by atoms with Gasteiger partial charge in [0.15, 0.2) is 9.84 Å². The Balaban J connectivity index is 2.10. The van der Waals surface area contributed by atoms with E-state index in [2.05, 4.69) is 19.2 Å². The summed E-state index contributed by atoms with van der Waals surface area (Å²) in [5.41, 5.74) is 1.07. The van der Waals surface area contributed by atoms with E-state index in [1.54, 1.807) is 18.2 Å². The zero-order chi connectivity index (χ0) is 15.0. The molecule has 0 spiro atoms. The van der Waals surface area contributed by atoms with Crippen LogP contribution in [0.5, 0.6) is 0 Å². The van der Waals surface area contributed by atoms with Gasteiger partial charge >= 0.3 is 0 Å². The number of benzene rings is 1. The lowest BCUT2D eigenvalue weighted by atomic mass is 9.92. The molecule has 1 aliphatic rings. The van der Waals surface area contributed by atoms with Crippen molar-refractivity contribution in [3.05, 3.63) is 28.8 Å². The van der Waals surface area contributed by atoms with Crippen molar-refractivity contribution in [3.8, 4) is 0 Å². The molecular formula is C15H22ClNO2S. The summed E-state index contributed by atoms with van der Waals surface area (Å²) in [4.78, 5) is 0.326. The largest absolute Gasteiger partial charge is 0.312 e. The van der Waals surface area contributed by atoms with E-state index in [9.17, 15) is 8.42 Å². The van der Waals surface area contributed by atoms with E-state index in [1.807, 2.05) is 0 Å². The number of hydrogen-bond donors (Lipinski definition) is 1. The molecule has 1 aromatic rings. The topological polar surface area (TPSA) is 46.2 Å². The minimum atomic E-state index is -3.25. The van der Waals surface area contributed by atoms with Crippen molar-refractivity contribution in [2.45, 2.75) is 38.1 Å². The fourth-order valence-electron chi connectivity index (χ4n) is 2.61. The molecule has 0 aromatic heterocycles. The van der Waals surface area contributed by atoms with Crippen LogP contribution in [-0.4, -0.2) is 21.2 Å². The van der Waals surface area contributed by atoms with Crippen LogP contribution < -0.4 is 5.32 Å². The van der Waals surface area contributed by atoms with Crippen molar-refractivity contribution in [2.24, 2.45) is 11.3 Å². The van der Waals surface area contributed by atoms with Crippen molar-refractivity contribution in [2.75, 3.05) is 12.8 Å². The van der Waals surface area contributed by atoms with Crippen molar-refractivity contribution in [3.63, 3.8) is 0 Å². The molecule has 0 atom stereocenters. The lowest BCUT2D eigenvalue weighted by Gasteiger charge is -2.20. The SMILES string of the molecule is CC(C)C1(CNCc2c(Cl)cccc2S(C)(=O)=O)CC1. The third-order valence-corrected chi connectivity index (χ3v) is 5.91. The molecule has 0 radical (unpaired) electrons. The first-order chi connectivity index (χ1) is 9.26. The van der Waals surface area contributed by atoms with E-state index in [0.29, 0.717) is 33.4 Å². The van der Waals surface area contributed by atoms with Gasteiger partial charge in [-0.25, -0.2) is 8.42 Å². The molecule has 0 bridgehead atoms. The summed E-state index contributed by atoms with van der Waals surface area (Å²) in [5.74, 6) is 0.649. The molecular weight excluding hydrogens is 294 g/mol. The van der Waals surface area contributed by atoms with Gasteiger partial charge in [0.2, 0.25) is 0 Å². The zero-order valence-corrected chi connectivity index (χ0v) is 13.8. The Bertz CT molecular complexity index is 592. The van der Waals surface area contributed by atoms with Gasteiger partial charge in [0.1, 0.15) is 0 Å². The average molecular weight is 316 g/mol. The number of nitrogens with one attached hydrogen (secondary N) is 1. The van der Waals surface area contributed by atoms with Crippen molar-refractivity contribution < 1.29 is 8.42 Å². The smallest absolute Gasteiger partial charge is 0.175 e. The maximum absolute atomic E-state index is 11.8. The van der Waals surface area contributed by atoms with Crippen LogP contribution in [-0.2, 0) is 16.4 Å². The summed E-state index contributed by atoms with van der Waals surface area (Å²) >= 11 is 6.16. The van der Waals surface area contributed by atoms with Gasteiger partial charge in [0, 0.05) is 29.9 Å². The van der Waals surface area contributed by atoms with Crippen LogP contribution in [0.25, 0.3) is 0 Å². The minimum Gasteiger partial charge on any atom is -0.312 e. The molecule has 1 N–H and O–H groups in total. The minimum absolute atomic E-state index is 0.326. The third kappa shape index (κ3) is 3.35. The Morgan fingerprint density at radius 1 is 1.35 bits per heavy atom. The quantitative estimate of drug-likeness (QED) is 0.876. The van der Waals surface area contributed by atoms with Gasteiger partial charge in [-0.1, -0.05) is 31.5 Å². The lowest BCUT2D eigenvalue weighted by molar-refractivity contribution is 0.337. The molecule has 20 heavy (non-hydrogen) atoms. The van der Waals surface area contributed by atoms with E-state index < -0.39 is 9.84 Å². The molecule has 1 aliphatic carbocycles. The van der Waals surface area contributed by atoms with Crippen LogP contribution in [0.4, 0.5) is 0 Å². The van der Waals surface area contributed by atoms with Gasteiger partial charge in [0.25, 0.3) is 0 Å². The Hall–Kier alpha value is -0.580. The summed E-state index contributed by atoms with van der Waals surface area (Å²) in [6.07, 6.45) is 3.72. The second kappa shape index (κ2) is 5.66. The summed E-state index contributed by atoms with van der Waals surface area (Å²) in [6.45, 7) is 5.90. The van der Waals surface area contributed by atoms with Crippen LogP contribution >= 0.6 is 11.6 Å². The van der Waals surface area contributed by atoms with Crippen LogP contribution in [0, 0.1) is 11.3 Å². The number of sulfone groups is 1. The normalized spacial score (nSPS) is 17.4. The molecule has 2 rings (SSSR count). The van der Waals surface area contributed by atoms with E-state index in [1.165, 1.54) is 19.1 Å². The predicted octanol–water partition coefficient (Wildman–Crippen LogP) is 3.27. The van der Waals surface area contributed by atoms with Crippen LogP contribution in [0.2, 0.25) is 5.02 Å². The standard InChI is InChI=1S/C15H22ClNO2S/c1-11(2)15(7-8-15)10-17-9-12-13(16)5-4-6-14(12)20(3,18)19/h4-6,11,17H,7-10H2,1-3H3. The summed E-state index contributed by atoms with van der Waals surface area (Å²) in [7, 11) is -3.25. The monoisotopic (exact) mass is 315 g/mol. The number of rotatable bonds is 6. The predicted molar refractivity (Wildman–Crippen MR) is 82.8 cm³/mol. The average Bonchev–Trinajstić information content (AvgIpc) is 3.11. The molecule has 0 saturated heterocycles. The van der Waals surface area contributed by atoms with Crippen molar-refractivity contribution in [1.29, 1.82) is 0 Å². The molecule has 0 amide bonds. The fourth-order valence-corrected chi connectivity index (χ4v) is 3.87. The third-order valence-electron chi connectivity index (χ3n) is 4.37. The Labute approximate surface area is 126 Å². The number of hydrogen-bond acceptors (Lipinski definition) is 3. The molecule has 1 fully saturated rings. The first-order valence-electron chi connectivity index (χ1n) is 6.94. The highest BCUT2D eigenvalue weighted by atomic mass is 35.5. The van der Waals surface area contributed by atoms with Crippen LogP contribution in [0.3, 0.4) is 0 Å². The van der Waals surface area contributed by atoms with Crippen LogP contribution in [0.15, 0.2) is 23.1 Å². The molecule has 112 valence electrons. The van der Waals surface area contributed by atoms with Gasteiger partial charge in [0.05, 0.1) is 4.90 Å². The van der Waals surface area contributed by atoms with Gasteiger partial charge in [-0.2, -0.15) is 0 Å². The van der Waals surface area contributed by atoms with E-state index in [0.717, 1.165) is 6.54 Å². The maximum Gasteiger partial charge on any atom is 0.175 e. The second-order valence-electron chi connectivity index (χ2n) is 6.11. The van der Waals surface area contributed by atoms with Gasteiger partial charge in [-0.05, 0) is 36.3 Å². The molecule has 5 heteroatoms.